The molecule has 21 heavy (non-hydrogen) atoms. The van der Waals surface area contributed by atoms with Gasteiger partial charge in [-0.15, -0.1) is 0 Å². The number of hydrogen-bond acceptors (Lipinski definition) is 4. The molecule has 0 saturated heterocycles. The van der Waals surface area contributed by atoms with Crippen molar-refractivity contribution in [2.45, 2.75) is 13.1 Å². The van der Waals surface area contributed by atoms with Crippen molar-refractivity contribution in [2.24, 2.45) is 5.73 Å². The van der Waals surface area contributed by atoms with Crippen molar-refractivity contribution in [1.29, 1.82) is 0 Å². The molecule has 0 fully saturated rings. The van der Waals surface area contributed by atoms with E-state index in [0.717, 1.165) is 23.3 Å². The van der Waals surface area contributed by atoms with Gasteiger partial charge in [-0.25, -0.2) is 8.78 Å². The summed E-state index contributed by atoms with van der Waals surface area (Å²) >= 11 is 0. The molecule has 0 heterocycles. The van der Waals surface area contributed by atoms with Crippen molar-refractivity contribution in [3.8, 4) is 0 Å². The summed E-state index contributed by atoms with van der Waals surface area (Å²) in [7, 11) is 0. The van der Waals surface area contributed by atoms with Crippen LogP contribution < -0.4 is 11.1 Å². The second-order valence-electron chi connectivity index (χ2n) is 4.34. The fourth-order valence-corrected chi connectivity index (χ4v) is 1.97. The van der Waals surface area contributed by atoms with Crippen molar-refractivity contribution in [3.05, 3.63) is 69.3 Å². The van der Waals surface area contributed by atoms with Crippen LogP contribution in [0.15, 0.2) is 36.4 Å². The number of nitrogens with one attached hydrogen (secondary N) is 1. The van der Waals surface area contributed by atoms with E-state index in [2.05, 4.69) is 5.32 Å². The van der Waals surface area contributed by atoms with Gasteiger partial charge < -0.3 is 11.1 Å². The third kappa shape index (κ3) is 3.14. The normalized spacial score (nSPS) is 10.4. The molecule has 0 atom stereocenters. The van der Waals surface area contributed by atoms with Crippen LogP contribution in [0.2, 0.25) is 0 Å². The number of benzene rings is 2. The van der Waals surface area contributed by atoms with Gasteiger partial charge in [0.2, 0.25) is 0 Å². The van der Waals surface area contributed by atoms with Gasteiger partial charge in [0.1, 0.15) is 0 Å². The molecule has 110 valence electrons. The standard InChI is InChI=1S/C14H13F2N3O2/c15-11-5-6-12(19(20)21)14(13(11)16)18-8-10-4-2-1-3-9(10)7-17/h1-6,18H,7-8,17H2. The Labute approximate surface area is 119 Å². The molecule has 0 aromatic heterocycles. The van der Waals surface area contributed by atoms with Gasteiger partial charge in [0.05, 0.1) is 4.92 Å². The van der Waals surface area contributed by atoms with Crippen molar-refractivity contribution in [3.63, 3.8) is 0 Å². The minimum atomic E-state index is -1.27. The molecule has 0 aliphatic rings. The van der Waals surface area contributed by atoms with Gasteiger partial charge in [0.15, 0.2) is 17.3 Å². The average Bonchev–Trinajstić information content (AvgIpc) is 2.48. The van der Waals surface area contributed by atoms with Gasteiger partial charge in [0, 0.05) is 19.2 Å². The summed E-state index contributed by atoms with van der Waals surface area (Å²) in [6.45, 7) is 0.389. The maximum Gasteiger partial charge on any atom is 0.295 e. The number of anilines is 1. The lowest BCUT2D eigenvalue weighted by atomic mass is 10.1. The summed E-state index contributed by atoms with van der Waals surface area (Å²) in [5.41, 5.74) is 6.19. The van der Waals surface area contributed by atoms with E-state index in [9.17, 15) is 18.9 Å². The Kier molecular flexibility index (Phi) is 4.44. The minimum absolute atomic E-state index is 0.106. The summed E-state index contributed by atoms with van der Waals surface area (Å²) in [5.74, 6) is -2.41. The highest BCUT2D eigenvalue weighted by atomic mass is 19.2. The van der Waals surface area contributed by atoms with Crippen LogP contribution in [0.25, 0.3) is 0 Å². The van der Waals surface area contributed by atoms with Gasteiger partial charge >= 0.3 is 0 Å². The monoisotopic (exact) mass is 293 g/mol. The van der Waals surface area contributed by atoms with E-state index in [1.54, 1.807) is 24.3 Å². The Morgan fingerprint density at radius 3 is 2.43 bits per heavy atom. The van der Waals surface area contributed by atoms with Crippen LogP contribution in [0, 0.1) is 21.7 Å². The first kappa shape index (κ1) is 14.9. The van der Waals surface area contributed by atoms with Crippen molar-refractivity contribution >= 4 is 11.4 Å². The Hall–Kier alpha value is -2.54. The topological polar surface area (TPSA) is 81.2 Å². The second kappa shape index (κ2) is 6.27. The maximum atomic E-state index is 13.7. The molecule has 5 nitrogen and oxygen atoms in total. The Morgan fingerprint density at radius 1 is 1.14 bits per heavy atom. The molecular weight excluding hydrogens is 280 g/mol. The molecule has 7 heteroatoms. The van der Waals surface area contributed by atoms with Crippen molar-refractivity contribution in [2.75, 3.05) is 5.32 Å². The maximum absolute atomic E-state index is 13.7. The molecule has 0 saturated carbocycles. The number of nitrogens with zero attached hydrogens (tertiary/aromatic N) is 1. The highest BCUT2D eigenvalue weighted by Crippen LogP contribution is 2.29. The van der Waals surface area contributed by atoms with E-state index in [1.165, 1.54) is 0 Å². The predicted molar refractivity (Wildman–Crippen MR) is 74.7 cm³/mol. The quantitative estimate of drug-likeness (QED) is 0.656. The van der Waals surface area contributed by atoms with Crippen LogP contribution in [0.4, 0.5) is 20.2 Å². The summed E-state index contributed by atoms with van der Waals surface area (Å²) in [6.07, 6.45) is 0. The van der Waals surface area contributed by atoms with Gasteiger partial charge in [-0.1, -0.05) is 24.3 Å². The molecule has 0 spiro atoms. The van der Waals surface area contributed by atoms with E-state index >= 15 is 0 Å². The smallest absolute Gasteiger partial charge is 0.295 e. The molecule has 0 amide bonds. The lowest BCUT2D eigenvalue weighted by molar-refractivity contribution is -0.384. The van der Waals surface area contributed by atoms with Gasteiger partial charge in [-0.3, -0.25) is 10.1 Å². The molecule has 0 aliphatic carbocycles. The lowest BCUT2D eigenvalue weighted by Crippen LogP contribution is -2.09. The van der Waals surface area contributed by atoms with Crippen molar-refractivity contribution < 1.29 is 13.7 Å². The highest BCUT2D eigenvalue weighted by molar-refractivity contribution is 5.62. The number of rotatable bonds is 5. The third-order valence-corrected chi connectivity index (χ3v) is 3.06. The average molecular weight is 293 g/mol. The van der Waals surface area contributed by atoms with Crippen LogP contribution in [0.5, 0.6) is 0 Å². The van der Waals surface area contributed by atoms with Crippen LogP contribution in [-0.2, 0) is 13.1 Å². The molecule has 2 rings (SSSR count). The van der Waals surface area contributed by atoms with Crippen LogP contribution >= 0.6 is 0 Å². The molecule has 0 bridgehead atoms. The highest BCUT2D eigenvalue weighted by Gasteiger charge is 2.21. The first-order valence-corrected chi connectivity index (χ1v) is 6.17. The van der Waals surface area contributed by atoms with E-state index in [-0.39, 0.29) is 13.1 Å². The Morgan fingerprint density at radius 2 is 1.81 bits per heavy atom. The van der Waals surface area contributed by atoms with Gasteiger partial charge in [-0.05, 0) is 17.2 Å². The van der Waals surface area contributed by atoms with E-state index in [0.29, 0.717) is 0 Å². The van der Waals surface area contributed by atoms with Gasteiger partial charge in [-0.2, -0.15) is 0 Å². The number of nitro benzene ring substituents is 1. The number of halogens is 2. The van der Waals surface area contributed by atoms with E-state index in [4.69, 9.17) is 5.73 Å². The van der Waals surface area contributed by atoms with Gasteiger partial charge in [0.25, 0.3) is 5.69 Å². The minimum Gasteiger partial charge on any atom is -0.373 e. The zero-order valence-corrected chi connectivity index (χ0v) is 11.0. The molecule has 3 N–H and O–H groups in total. The largest absolute Gasteiger partial charge is 0.373 e. The zero-order chi connectivity index (χ0) is 15.4. The lowest BCUT2D eigenvalue weighted by Gasteiger charge is -2.11. The summed E-state index contributed by atoms with van der Waals surface area (Å²) in [6, 6.07) is 8.79. The number of hydrogen-bond donors (Lipinski definition) is 2. The Balaban J connectivity index is 2.31. The summed E-state index contributed by atoms with van der Waals surface area (Å²) < 4.78 is 27.0. The fraction of sp³-hybridized carbons (Fsp3) is 0.143. The first-order valence-electron chi connectivity index (χ1n) is 6.17. The SMILES string of the molecule is NCc1ccccc1CNc1c([N+](=O)[O-])ccc(F)c1F. The molecule has 2 aromatic carbocycles. The summed E-state index contributed by atoms with van der Waals surface area (Å²) in [5, 5.41) is 13.5. The Bertz CT molecular complexity index is 677. The molecule has 0 radical (unpaired) electrons. The third-order valence-electron chi connectivity index (χ3n) is 3.06. The molecule has 2 aromatic rings. The molecule has 0 aliphatic heterocycles. The molecule has 0 unspecified atom stereocenters. The number of nitrogens with two attached hydrogens (primary N) is 1. The predicted octanol–water partition coefficient (Wildman–Crippen LogP) is 2.94. The zero-order valence-electron chi connectivity index (χ0n) is 11.0. The van der Waals surface area contributed by atoms with E-state index in [1.807, 2.05) is 0 Å². The first-order chi connectivity index (χ1) is 10.0. The van der Waals surface area contributed by atoms with Crippen LogP contribution in [0.3, 0.4) is 0 Å². The number of nitro groups is 1. The van der Waals surface area contributed by atoms with Crippen molar-refractivity contribution in [1.82, 2.24) is 0 Å². The van der Waals surface area contributed by atoms with E-state index < -0.39 is 27.9 Å². The van der Waals surface area contributed by atoms with Crippen LogP contribution in [-0.4, -0.2) is 4.92 Å². The fourth-order valence-electron chi connectivity index (χ4n) is 1.97. The molecular formula is C14H13F2N3O2. The van der Waals surface area contributed by atoms with Crippen LogP contribution in [0.1, 0.15) is 11.1 Å². The second-order valence-corrected chi connectivity index (χ2v) is 4.34. The summed E-state index contributed by atoms with van der Waals surface area (Å²) in [4.78, 5) is 10.1.